The fraction of sp³-hybridized carbons (Fsp3) is 1.00. The lowest BCUT2D eigenvalue weighted by Gasteiger charge is -2.49. The average molecular weight is 580 g/mol. The molecule has 0 aromatic heterocycles. The first-order chi connectivity index (χ1) is 19.1. The highest BCUT2D eigenvalue weighted by atomic mass is 16.7. The summed E-state index contributed by atoms with van der Waals surface area (Å²) in [5.41, 5.74) is 31.1. The molecule has 4 aliphatic rings. The van der Waals surface area contributed by atoms with Crippen molar-refractivity contribution in [1.82, 2.24) is 10.2 Å². The minimum atomic E-state index is -1.40. The summed E-state index contributed by atoms with van der Waals surface area (Å²) in [5, 5.41) is 44.2. The number of hydrogen-bond donors (Lipinski definition) is 10. The highest BCUT2D eigenvalue weighted by molar-refractivity contribution is 5.02. The molecule has 0 spiro atoms. The number of rotatable bonds is 10. The topological polar surface area (TPSA) is 272 Å². The third-order valence-electron chi connectivity index (χ3n) is 8.32. The van der Waals surface area contributed by atoms with Crippen molar-refractivity contribution < 1.29 is 44.1 Å². The Hall–Kier alpha value is -0.640. The van der Waals surface area contributed by atoms with Crippen molar-refractivity contribution in [1.29, 1.82) is 0 Å². The summed E-state index contributed by atoms with van der Waals surface area (Å²) < 4.78 is 30.5. The molecule has 1 saturated carbocycles. The second-order valence-corrected chi connectivity index (χ2v) is 11.2. The van der Waals surface area contributed by atoms with Gasteiger partial charge in [0.2, 0.25) is 0 Å². The molecule has 0 amide bonds. The zero-order chi connectivity index (χ0) is 29.0. The van der Waals surface area contributed by atoms with Crippen LogP contribution < -0.4 is 34.0 Å². The number of hydrogen-bond acceptors (Lipinski definition) is 16. The highest BCUT2D eigenvalue weighted by Gasteiger charge is 2.51. The molecule has 1 aliphatic carbocycles. The molecule has 4 rings (SSSR count). The van der Waals surface area contributed by atoms with Crippen LogP contribution in [0, 0.1) is 0 Å². The summed E-state index contributed by atoms with van der Waals surface area (Å²) >= 11 is 0. The second-order valence-electron chi connectivity index (χ2n) is 11.2. The number of ether oxygens (including phenoxy) is 5. The summed E-state index contributed by atoms with van der Waals surface area (Å²) in [6.07, 6.45) is -9.41. The van der Waals surface area contributed by atoms with Crippen LogP contribution in [0.1, 0.15) is 12.8 Å². The lowest BCUT2D eigenvalue weighted by molar-refractivity contribution is -0.318. The maximum absolute atomic E-state index is 10.7. The number of nitrogens with one attached hydrogen (secondary N) is 1. The van der Waals surface area contributed by atoms with Crippen molar-refractivity contribution in [3.8, 4) is 0 Å². The van der Waals surface area contributed by atoms with Gasteiger partial charge < -0.3 is 78.1 Å². The Morgan fingerprint density at radius 3 is 2.05 bits per heavy atom. The van der Waals surface area contributed by atoms with Gasteiger partial charge in [0.1, 0.15) is 36.6 Å². The SMILES string of the molecule is NC[C@H]1O[C@H](O[C@H]2[C@H](OCCN3CCNCC3)[C@@H](O[C@H]3O[C@H](CO)[C@@H](O)[C@H](N)[C@H]3O)[C@H](N)C[C@@H]2N)[C@H](N)C[C@@H]1O. The molecule has 15 N–H and O–H groups in total. The van der Waals surface area contributed by atoms with E-state index in [0.717, 1.165) is 26.2 Å². The van der Waals surface area contributed by atoms with Gasteiger partial charge in [0.15, 0.2) is 12.6 Å². The lowest BCUT2D eigenvalue weighted by Crippen LogP contribution is -2.68. The fourth-order valence-electron chi connectivity index (χ4n) is 5.84. The Labute approximate surface area is 234 Å². The molecule has 3 saturated heterocycles. The molecule has 0 aromatic carbocycles. The number of aliphatic hydroxyl groups excluding tert-OH is 4. The van der Waals surface area contributed by atoms with E-state index in [1.165, 1.54) is 0 Å². The van der Waals surface area contributed by atoms with E-state index in [0.29, 0.717) is 13.2 Å². The van der Waals surface area contributed by atoms with Gasteiger partial charge in [0.05, 0.1) is 37.5 Å². The Kier molecular flexibility index (Phi) is 11.9. The molecular weight excluding hydrogens is 530 g/mol. The van der Waals surface area contributed by atoms with E-state index >= 15 is 0 Å². The maximum atomic E-state index is 10.7. The number of aliphatic hydroxyl groups is 4. The minimum absolute atomic E-state index is 0.0841. The first kappa shape index (κ1) is 32.3. The molecule has 0 unspecified atom stereocenters. The number of nitrogens with zero attached hydrogens (tertiary/aromatic N) is 1. The summed E-state index contributed by atoms with van der Waals surface area (Å²) in [6, 6.07) is -2.98. The third-order valence-corrected chi connectivity index (χ3v) is 8.32. The van der Waals surface area contributed by atoms with Gasteiger partial charge >= 0.3 is 0 Å². The van der Waals surface area contributed by atoms with Crippen LogP contribution in [0.2, 0.25) is 0 Å². The summed E-state index contributed by atoms with van der Waals surface area (Å²) in [4.78, 5) is 2.26. The standard InChI is InChI=1S/C24H49N7O9/c25-9-15-14(33)8-13(28)23(37-15)39-20-11(26)7-12(27)21(22(20)36-6-5-31-3-1-30-2-4-31)40-24-19(35)17(29)18(34)16(10-32)38-24/h11-24,30,32-35H,1-10,25-29H2/t11-,12+,13+,14-,15+,16+,17-,18+,19+,20+,21-,22-,23+,24+/m0/s1. The van der Waals surface area contributed by atoms with E-state index in [1.54, 1.807) is 0 Å². The van der Waals surface area contributed by atoms with Crippen molar-refractivity contribution in [2.75, 3.05) is 52.5 Å². The zero-order valence-corrected chi connectivity index (χ0v) is 22.8. The lowest BCUT2D eigenvalue weighted by atomic mass is 9.84. The summed E-state index contributed by atoms with van der Waals surface area (Å²) in [5.74, 6) is 0. The molecule has 14 atom stereocenters. The van der Waals surface area contributed by atoms with Crippen LogP contribution in [0.5, 0.6) is 0 Å². The van der Waals surface area contributed by atoms with Crippen molar-refractivity contribution in [3.63, 3.8) is 0 Å². The van der Waals surface area contributed by atoms with Crippen molar-refractivity contribution >= 4 is 0 Å². The van der Waals surface area contributed by atoms with Gasteiger partial charge in [0, 0.05) is 51.4 Å². The summed E-state index contributed by atoms with van der Waals surface area (Å²) in [7, 11) is 0. The monoisotopic (exact) mass is 579 g/mol. The van der Waals surface area contributed by atoms with Crippen molar-refractivity contribution in [2.45, 2.75) is 98.4 Å². The molecule has 16 nitrogen and oxygen atoms in total. The molecule has 0 aromatic rings. The maximum Gasteiger partial charge on any atom is 0.186 e. The Bertz CT molecular complexity index is 770. The number of nitrogens with two attached hydrogens (primary N) is 5. The zero-order valence-electron chi connectivity index (χ0n) is 22.8. The second kappa shape index (κ2) is 14.7. The molecular formula is C24H49N7O9. The van der Waals surface area contributed by atoms with Gasteiger partial charge in [-0.1, -0.05) is 0 Å². The molecule has 16 heteroatoms. The first-order valence-corrected chi connectivity index (χ1v) is 14.2. The van der Waals surface area contributed by atoms with Gasteiger partial charge in [0.25, 0.3) is 0 Å². The van der Waals surface area contributed by atoms with Crippen LogP contribution in [0.25, 0.3) is 0 Å². The average Bonchev–Trinajstić information content (AvgIpc) is 2.94. The van der Waals surface area contributed by atoms with Gasteiger partial charge in [-0.2, -0.15) is 0 Å². The predicted octanol–water partition coefficient (Wildman–Crippen LogP) is -6.37. The Morgan fingerprint density at radius 1 is 0.800 bits per heavy atom. The van der Waals surface area contributed by atoms with E-state index in [2.05, 4.69) is 10.2 Å². The van der Waals surface area contributed by atoms with E-state index in [1.807, 2.05) is 0 Å². The quantitative estimate of drug-likeness (QED) is 0.115. The molecule has 0 radical (unpaired) electrons. The van der Waals surface area contributed by atoms with Gasteiger partial charge in [-0.3, -0.25) is 4.90 Å². The van der Waals surface area contributed by atoms with E-state index < -0.39 is 92.2 Å². The molecule has 234 valence electrons. The van der Waals surface area contributed by atoms with Crippen molar-refractivity contribution in [3.05, 3.63) is 0 Å². The van der Waals surface area contributed by atoms with E-state index in [-0.39, 0.29) is 19.4 Å². The van der Waals surface area contributed by atoms with Crippen LogP contribution in [-0.2, 0) is 23.7 Å². The largest absolute Gasteiger partial charge is 0.394 e. The van der Waals surface area contributed by atoms with Gasteiger partial charge in [-0.15, -0.1) is 0 Å². The van der Waals surface area contributed by atoms with Crippen LogP contribution in [0.3, 0.4) is 0 Å². The molecule has 4 fully saturated rings. The van der Waals surface area contributed by atoms with E-state index in [9.17, 15) is 20.4 Å². The Morgan fingerprint density at radius 2 is 1.43 bits per heavy atom. The molecule has 3 aliphatic heterocycles. The molecule has 0 bridgehead atoms. The van der Waals surface area contributed by atoms with Gasteiger partial charge in [-0.25, -0.2) is 0 Å². The minimum Gasteiger partial charge on any atom is -0.394 e. The van der Waals surface area contributed by atoms with Crippen LogP contribution in [0.4, 0.5) is 0 Å². The molecule has 3 heterocycles. The normalized spacial score (nSPS) is 47.3. The van der Waals surface area contributed by atoms with Crippen LogP contribution in [0.15, 0.2) is 0 Å². The van der Waals surface area contributed by atoms with Crippen molar-refractivity contribution in [2.24, 2.45) is 28.7 Å². The Balaban J connectivity index is 1.52. The van der Waals surface area contributed by atoms with Gasteiger partial charge in [-0.05, 0) is 12.8 Å². The first-order valence-electron chi connectivity index (χ1n) is 14.2. The van der Waals surface area contributed by atoms with Crippen LogP contribution in [-0.4, -0.2) is 163 Å². The predicted molar refractivity (Wildman–Crippen MR) is 141 cm³/mol. The smallest absolute Gasteiger partial charge is 0.186 e. The highest BCUT2D eigenvalue weighted by Crippen LogP contribution is 2.32. The summed E-state index contributed by atoms with van der Waals surface area (Å²) in [6.45, 7) is 4.06. The van der Waals surface area contributed by atoms with Crippen LogP contribution >= 0.6 is 0 Å². The molecule has 40 heavy (non-hydrogen) atoms. The third kappa shape index (κ3) is 7.46. The fourth-order valence-corrected chi connectivity index (χ4v) is 5.84. The number of piperazine rings is 1. The van der Waals surface area contributed by atoms with E-state index in [4.69, 9.17) is 52.4 Å².